The van der Waals surface area contributed by atoms with Crippen LogP contribution in [0.15, 0.2) is 22.7 Å². The van der Waals surface area contributed by atoms with E-state index in [0.717, 1.165) is 10.9 Å². The van der Waals surface area contributed by atoms with Crippen LogP contribution in [0.25, 0.3) is 0 Å². The van der Waals surface area contributed by atoms with Crippen molar-refractivity contribution < 1.29 is 5.11 Å². The summed E-state index contributed by atoms with van der Waals surface area (Å²) < 4.78 is 1.14. The van der Waals surface area contributed by atoms with E-state index in [4.69, 9.17) is 0 Å². The summed E-state index contributed by atoms with van der Waals surface area (Å²) in [7, 11) is 0. The molecule has 0 spiro atoms. The summed E-state index contributed by atoms with van der Waals surface area (Å²) in [5, 5.41) is 9.59. The molecule has 2 rings (SSSR count). The van der Waals surface area contributed by atoms with Crippen molar-refractivity contribution in [3.8, 4) is 0 Å². The third-order valence-electron chi connectivity index (χ3n) is 3.89. The van der Waals surface area contributed by atoms with Gasteiger partial charge in [0.15, 0.2) is 0 Å². The zero-order chi connectivity index (χ0) is 11.3. The highest BCUT2D eigenvalue weighted by Crippen LogP contribution is 2.64. The van der Waals surface area contributed by atoms with Crippen LogP contribution in [0.1, 0.15) is 31.4 Å². The molecule has 0 bridgehead atoms. The van der Waals surface area contributed by atoms with Gasteiger partial charge in [-0.1, -0.05) is 41.9 Å². The van der Waals surface area contributed by atoms with Crippen molar-refractivity contribution >= 4 is 15.9 Å². The van der Waals surface area contributed by atoms with Crippen LogP contribution in [0.4, 0.5) is 0 Å². The van der Waals surface area contributed by atoms with Crippen LogP contribution in [0.2, 0.25) is 0 Å². The highest BCUT2D eigenvalue weighted by atomic mass is 79.9. The Labute approximate surface area is 99.6 Å². The van der Waals surface area contributed by atoms with Crippen molar-refractivity contribution in [1.29, 1.82) is 0 Å². The molecule has 0 radical (unpaired) electrons. The highest BCUT2D eigenvalue weighted by molar-refractivity contribution is 9.10. The fourth-order valence-corrected chi connectivity index (χ4v) is 2.75. The third-order valence-corrected chi connectivity index (χ3v) is 4.78. The van der Waals surface area contributed by atoms with Crippen molar-refractivity contribution in [2.24, 2.45) is 5.41 Å². The van der Waals surface area contributed by atoms with Crippen molar-refractivity contribution in [3.63, 3.8) is 0 Å². The van der Waals surface area contributed by atoms with E-state index in [1.807, 2.05) is 0 Å². The molecular formula is C13H17BrO. The Kier molecular flexibility index (Phi) is 2.47. The Morgan fingerprint density at radius 3 is 2.40 bits per heavy atom. The molecule has 0 heterocycles. The number of aliphatic hydroxyl groups excluding tert-OH is 1. The fraction of sp³-hybridized carbons (Fsp3) is 0.538. The standard InChI is InChI=1S/C13H17BrO/c1-9-6-10(4-5-11(9)14)13(8-15)7-12(13,2)3/h4-6,15H,7-8H2,1-3H3. The van der Waals surface area contributed by atoms with Gasteiger partial charge in [0.1, 0.15) is 0 Å². The van der Waals surface area contributed by atoms with Crippen LogP contribution in [0.5, 0.6) is 0 Å². The number of benzene rings is 1. The van der Waals surface area contributed by atoms with Gasteiger partial charge < -0.3 is 5.11 Å². The first-order valence-electron chi connectivity index (χ1n) is 5.30. The summed E-state index contributed by atoms with van der Waals surface area (Å²) in [6, 6.07) is 6.40. The summed E-state index contributed by atoms with van der Waals surface area (Å²) in [5.74, 6) is 0. The average Bonchev–Trinajstić information content (AvgIpc) is 2.75. The third kappa shape index (κ3) is 1.55. The van der Waals surface area contributed by atoms with Crippen LogP contribution < -0.4 is 0 Å². The first kappa shape index (κ1) is 11.2. The van der Waals surface area contributed by atoms with Gasteiger partial charge in [-0.2, -0.15) is 0 Å². The van der Waals surface area contributed by atoms with E-state index in [2.05, 4.69) is 54.9 Å². The number of rotatable bonds is 2. The lowest BCUT2D eigenvalue weighted by Gasteiger charge is -2.19. The second-order valence-electron chi connectivity index (χ2n) is 5.26. The SMILES string of the molecule is Cc1cc(C2(CO)CC2(C)C)ccc1Br. The molecule has 82 valence electrons. The molecule has 15 heavy (non-hydrogen) atoms. The first-order chi connectivity index (χ1) is 6.93. The largest absolute Gasteiger partial charge is 0.395 e. The van der Waals surface area contributed by atoms with Gasteiger partial charge >= 0.3 is 0 Å². The van der Waals surface area contributed by atoms with Crippen molar-refractivity contribution in [1.82, 2.24) is 0 Å². The summed E-state index contributed by atoms with van der Waals surface area (Å²) in [4.78, 5) is 0. The van der Waals surface area contributed by atoms with E-state index in [1.54, 1.807) is 0 Å². The zero-order valence-corrected chi connectivity index (χ0v) is 11.1. The Morgan fingerprint density at radius 2 is 2.00 bits per heavy atom. The molecule has 0 aliphatic heterocycles. The Morgan fingerprint density at radius 1 is 1.40 bits per heavy atom. The lowest BCUT2D eigenvalue weighted by atomic mass is 9.88. The predicted molar refractivity (Wildman–Crippen MR) is 66.0 cm³/mol. The number of halogens is 1. The topological polar surface area (TPSA) is 20.2 Å². The molecular weight excluding hydrogens is 252 g/mol. The van der Waals surface area contributed by atoms with E-state index in [1.165, 1.54) is 11.1 Å². The summed E-state index contributed by atoms with van der Waals surface area (Å²) >= 11 is 3.50. The van der Waals surface area contributed by atoms with Gasteiger partial charge in [-0.25, -0.2) is 0 Å². The van der Waals surface area contributed by atoms with Gasteiger partial charge in [-0.05, 0) is 36.0 Å². The number of hydrogen-bond donors (Lipinski definition) is 1. The van der Waals surface area contributed by atoms with Crippen LogP contribution in [-0.2, 0) is 5.41 Å². The molecule has 0 saturated heterocycles. The molecule has 0 amide bonds. The molecule has 1 aliphatic rings. The van der Waals surface area contributed by atoms with Crippen molar-refractivity contribution in [2.45, 2.75) is 32.6 Å². The second kappa shape index (κ2) is 3.33. The predicted octanol–water partition coefficient (Wildman–Crippen LogP) is 3.42. The van der Waals surface area contributed by atoms with Gasteiger partial charge in [0.25, 0.3) is 0 Å². The van der Waals surface area contributed by atoms with Crippen LogP contribution >= 0.6 is 15.9 Å². The van der Waals surface area contributed by atoms with Gasteiger partial charge in [-0.3, -0.25) is 0 Å². The second-order valence-corrected chi connectivity index (χ2v) is 6.12. The average molecular weight is 269 g/mol. The quantitative estimate of drug-likeness (QED) is 0.872. The number of aliphatic hydroxyl groups is 1. The van der Waals surface area contributed by atoms with E-state index < -0.39 is 0 Å². The van der Waals surface area contributed by atoms with E-state index >= 15 is 0 Å². The molecule has 0 aromatic heterocycles. The van der Waals surface area contributed by atoms with E-state index in [-0.39, 0.29) is 17.4 Å². The maximum absolute atomic E-state index is 9.59. The molecule has 1 atom stereocenters. The molecule has 1 aromatic rings. The molecule has 1 fully saturated rings. The molecule has 1 aromatic carbocycles. The molecule has 1 unspecified atom stereocenters. The minimum atomic E-state index is -0.00153. The van der Waals surface area contributed by atoms with Crippen LogP contribution in [-0.4, -0.2) is 11.7 Å². The van der Waals surface area contributed by atoms with Gasteiger partial charge in [-0.15, -0.1) is 0 Å². The molecule has 1 nitrogen and oxygen atoms in total. The van der Waals surface area contributed by atoms with E-state index in [9.17, 15) is 5.11 Å². The summed E-state index contributed by atoms with van der Waals surface area (Å²) in [5.41, 5.74) is 2.75. The number of hydrogen-bond acceptors (Lipinski definition) is 1. The van der Waals surface area contributed by atoms with Crippen molar-refractivity contribution in [3.05, 3.63) is 33.8 Å². The van der Waals surface area contributed by atoms with Crippen LogP contribution in [0.3, 0.4) is 0 Å². The van der Waals surface area contributed by atoms with E-state index in [0.29, 0.717) is 0 Å². The Hall–Kier alpha value is -0.340. The van der Waals surface area contributed by atoms with Crippen LogP contribution in [0, 0.1) is 12.3 Å². The minimum Gasteiger partial charge on any atom is -0.395 e. The molecule has 1 aliphatic carbocycles. The normalized spacial score (nSPS) is 27.8. The monoisotopic (exact) mass is 268 g/mol. The molecule has 1 N–H and O–H groups in total. The zero-order valence-electron chi connectivity index (χ0n) is 9.47. The minimum absolute atomic E-state index is 0.00153. The van der Waals surface area contributed by atoms with Gasteiger partial charge in [0, 0.05) is 9.89 Å². The highest BCUT2D eigenvalue weighted by Gasteiger charge is 2.61. The first-order valence-corrected chi connectivity index (χ1v) is 6.10. The maximum Gasteiger partial charge on any atom is 0.0533 e. The maximum atomic E-state index is 9.59. The summed E-state index contributed by atoms with van der Waals surface area (Å²) in [6.07, 6.45) is 1.08. The lowest BCUT2D eigenvalue weighted by Crippen LogP contribution is -2.19. The molecule has 2 heteroatoms. The van der Waals surface area contributed by atoms with Gasteiger partial charge in [0.05, 0.1) is 6.61 Å². The van der Waals surface area contributed by atoms with Gasteiger partial charge in [0.2, 0.25) is 0 Å². The summed E-state index contributed by atoms with van der Waals surface area (Å²) in [6.45, 7) is 6.79. The number of aryl methyl sites for hydroxylation is 1. The van der Waals surface area contributed by atoms with Crippen molar-refractivity contribution in [2.75, 3.05) is 6.61 Å². The lowest BCUT2D eigenvalue weighted by molar-refractivity contribution is 0.231. The molecule has 1 saturated carbocycles. The smallest absolute Gasteiger partial charge is 0.0533 e. The Bertz CT molecular complexity index is 398. The Balaban J connectivity index is 2.42. The fourth-order valence-electron chi connectivity index (χ4n) is 2.51.